The van der Waals surface area contributed by atoms with Crippen LogP contribution in [0.25, 0.3) is 0 Å². The van der Waals surface area contributed by atoms with Gasteiger partial charge in [0.25, 0.3) is 0 Å². The largest absolute Gasteiger partial charge is 0.493 e. The lowest BCUT2D eigenvalue weighted by Gasteiger charge is -2.16. The van der Waals surface area contributed by atoms with E-state index in [9.17, 15) is 4.79 Å². The Morgan fingerprint density at radius 2 is 1.59 bits per heavy atom. The molecule has 0 radical (unpaired) electrons. The molecule has 200 valence electrons. The standard InChI is InChI=1S/C30H40N2O5/c1-30(2)36-24-28(37-30)23-35-29(33)17-13-8-6-4-3-5-7-9-14-22-34-27-20-18-26(19-21-27)32-31-25-15-11-10-12-16-25/h7,9-12,15-16,18-21,28H,3-6,8,13-14,17,22-24H2,1-2H3/b9-7-,32-31?. The van der Waals surface area contributed by atoms with Gasteiger partial charge in [0.05, 0.1) is 24.6 Å². The van der Waals surface area contributed by atoms with Gasteiger partial charge in [-0.3, -0.25) is 4.79 Å². The first kappa shape index (κ1) is 28.5. The van der Waals surface area contributed by atoms with Crippen LogP contribution in [0.5, 0.6) is 5.75 Å². The highest BCUT2D eigenvalue weighted by Gasteiger charge is 2.33. The zero-order valence-electron chi connectivity index (χ0n) is 22.1. The summed E-state index contributed by atoms with van der Waals surface area (Å²) in [5.41, 5.74) is 1.63. The van der Waals surface area contributed by atoms with Crippen LogP contribution in [0.3, 0.4) is 0 Å². The smallest absolute Gasteiger partial charge is 0.305 e. The van der Waals surface area contributed by atoms with E-state index in [4.69, 9.17) is 18.9 Å². The molecular formula is C30H40N2O5. The minimum atomic E-state index is -0.579. The number of rotatable bonds is 16. The highest BCUT2D eigenvalue weighted by atomic mass is 16.7. The first-order chi connectivity index (χ1) is 18.0. The molecule has 1 aliphatic heterocycles. The first-order valence-electron chi connectivity index (χ1n) is 13.3. The van der Waals surface area contributed by atoms with Gasteiger partial charge < -0.3 is 18.9 Å². The molecule has 0 saturated carbocycles. The summed E-state index contributed by atoms with van der Waals surface area (Å²) in [6.45, 7) is 5.12. The third kappa shape index (κ3) is 12.2. The lowest BCUT2D eigenvalue weighted by molar-refractivity contribution is -0.158. The van der Waals surface area contributed by atoms with Crippen molar-refractivity contribution in [3.05, 3.63) is 66.7 Å². The van der Waals surface area contributed by atoms with E-state index in [2.05, 4.69) is 22.4 Å². The second kappa shape index (κ2) is 15.9. The zero-order chi connectivity index (χ0) is 26.2. The van der Waals surface area contributed by atoms with Crippen molar-refractivity contribution in [1.82, 2.24) is 0 Å². The van der Waals surface area contributed by atoms with E-state index in [1.54, 1.807) is 0 Å². The fourth-order valence-electron chi connectivity index (χ4n) is 3.86. The van der Waals surface area contributed by atoms with E-state index in [1.165, 1.54) is 6.42 Å². The number of benzene rings is 2. The summed E-state index contributed by atoms with van der Waals surface area (Å²) in [5, 5.41) is 8.46. The maximum atomic E-state index is 11.9. The topological polar surface area (TPSA) is 78.7 Å². The quantitative estimate of drug-likeness (QED) is 0.0998. The average molecular weight is 509 g/mol. The number of nitrogens with zero attached hydrogens (tertiary/aromatic N) is 2. The van der Waals surface area contributed by atoms with Crippen molar-refractivity contribution >= 4 is 17.3 Å². The van der Waals surface area contributed by atoms with E-state index < -0.39 is 5.79 Å². The average Bonchev–Trinajstić information content (AvgIpc) is 3.26. The van der Waals surface area contributed by atoms with Crippen LogP contribution >= 0.6 is 0 Å². The molecule has 37 heavy (non-hydrogen) atoms. The molecule has 1 saturated heterocycles. The Bertz CT molecular complexity index is 973. The highest BCUT2D eigenvalue weighted by Crippen LogP contribution is 2.23. The van der Waals surface area contributed by atoms with Gasteiger partial charge in [-0.1, -0.05) is 49.6 Å². The SMILES string of the molecule is CC1(C)OCC(COC(=O)CCCCCCC/C=C\CCOc2ccc(N=Nc3ccccc3)cc2)O1. The molecule has 7 nitrogen and oxygen atoms in total. The molecule has 0 spiro atoms. The van der Waals surface area contributed by atoms with Gasteiger partial charge in [-0.25, -0.2) is 0 Å². The van der Waals surface area contributed by atoms with Crippen LogP contribution in [0, 0.1) is 0 Å². The predicted octanol–water partition coefficient (Wildman–Crippen LogP) is 7.85. The molecule has 1 heterocycles. The van der Waals surface area contributed by atoms with Crippen LogP contribution in [-0.4, -0.2) is 37.7 Å². The van der Waals surface area contributed by atoms with Crippen molar-refractivity contribution in [2.24, 2.45) is 10.2 Å². The van der Waals surface area contributed by atoms with Gasteiger partial charge in [-0.2, -0.15) is 10.2 Å². The van der Waals surface area contributed by atoms with Gasteiger partial charge in [0.1, 0.15) is 18.5 Å². The Labute approximate surface area is 220 Å². The Morgan fingerprint density at radius 3 is 2.32 bits per heavy atom. The summed E-state index contributed by atoms with van der Waals surface area (Å²) in [4.78, 5) is 11.9. The molecule has 1 unspecified atom stereocenters. The van der Waals surface area contributed by atoms with Crippen LogP contribution in [0.4, 0.5) is 11.4 Å². The molecule has 7 heteroatoms. The Morgan fingerprint density at radius 1 is 0.919 bits per heavy atom. The molecule has 0 bridgehead atoms. The Hall–Kier alpha value is -3.03. The van der Waals surface area contributed by atoms with Crippen LogP contribution in [0.1, 0.15) is 65.2 Å². The van der Waals surface area contributed by atoms with Gasteiger partial charge in [0, 0.05) is 6.42 Å². The highest BCUT2D eigenvalue weighted by molar-refractivity contribution is 5.69. The van der Waals surface area contributed by atoms with Crippen molar-refractivity contribution in [1.29, 1.82) is 0 Å². The van der Waals surface area contributed by atoms with Gasteiger partial charge in [0.15, 0.2) is 5.79 Å². The molecule has 0 aliphatic carbocycles. The number of unbranched alkanes of at least 4 members (excludes halogenated alkanes) is 5. The normalized spacial score (nSPS) is 17.0. The van der Waals surface area contributed by atoms with E-state index in [0.29, 0.717) is 19.6 Å². The second-order valence-corrected chi connectivity index (χ2v) is 9.58. The molecule has 1 aliphatic rings. The maximum Gasteiger partial charge on any atom is 0.305 e. The number of azo groups is 1. The van der Waals surface area contributed by atoms with Crippen molar-refractivity contribution in [3.63, 3.8) is 0 Å². The molecule has 2 aromatic rings. The van der Waals surface area contributed by atoms with Crippen LogP contribution < -0.4 is 4.74 Å². The van der Waals surface area contributed by atoms with Gasteiger partial charge in [-0.05, 0) is 75.9 Å². The number of esters is 1. The van der Waals surface area contributed by atoms with E-state index in [1.807, 2.05) is 68.4 Å². The lowest BCUT2D eigenvalue weighted by Crippen LogP contribution is -2.25. The molecule has 3 rings (SSSR count). The fourth-order valence-corrected chi connectivity index (χ4v) is 3.86. The van der Waals surface area contributed by atoms with Crippen molar-refractivity contribution < 1.29 is 23.7 Å². The summed E-state index contributed by atoms with van der Waals surface area (Å²) in [6, 6.07) is 17.3. The monoisotopic (exact) mass is 508 g/mol. The fraction of sp³-hybridized carbons (Fsp3) is 0.500. The van der Waals surface area contributed by atoms with Gasteiger partial charge in [0.2, 0.25) is 0 Å². The van der Waals surface area contributed by atoms with E-state index in [-0.39, 0.29) is 18.7 Å². The summed E-state index contributed by atoms with van der Waals surface area (Å²) < 4.78 is 22.2. The Kier molecular flexibility index (Phi) is 12.3. The summed E-state index contributed by atoms with van der Waals surface area (Å²) >= 11 is 0. The number of carbonyl (C=O) groups is 1. The molecule has 0 aromatic heterocycles. The zero-order valence-corrected chi connectivity index (χ0v) is 22.1. The van der Waals surface area contributed by atoms with Crippen LogP contribution in [-0.2, 0) is 19.0 Å². The van der Waals surface area contributed by atoms with Crippen LogP contribution in [0.2, 0.25) is 0 Å². The van der Waals surface area contributed by atoms with Crippen molar-refractivity contribution in [2.45, 2.75) is 77.1 Å². The summed E-state index contributed by atoms with van der Waals surface area (Å²) in [7, 11) is 0. The molecule has 0 amide bonds. The number of ether oxygens (including phenoxy) is 4. The van der Waals surface area contributed by atoms with Crippen molar-refractivity contribution in [3.8, 4) is 5.75 Å². The predicted molar refractivity (Wildman–Crippen MR) is 144 cm³/mol. The van der Waals surface area contributed by atoms with Crippen molar-refractivity contribution in [2.75, 3.05) is 19.8 Å². The summed E-state index contributed by atoms with van der Waals surface area (Å²) in [5.74, 6) is 0.105. The molecule has 1 atom stereocenters. The molecule has 2 aromatic carbocycles. The number of allylic oxidation sites excluding steroid dienone is 1. The third-order valence-corrected chi connectivity index (χ3v) is 5.84. The Balaban J connectivity index is 1.13. The van der Waals surface area contributed by atoms with Crippen LogP contribution in [0.15, 0.2) is 77.0 Å². The molecule has 1 fully saturated rings. The number of hydrogen-bond donors (Lipinski definition) is 0. The van der Waals surface area contributed by atoms with E-state index in [0.717, 1.165) is 55.6 Å². The second-order valence-electron chi connectivity index (χ2n) is 9.58. The third-order valence-electron chi connectivity index (χ3n) is 5.84. The summed E-state index contributed by atoms with van der Waals surface area (Å²) in [6.07, 6.45) is 12.1. The number of hydrogen-bond acceptors (Lipinski definition) is 7. The van der Waals surface area contributed by atoms with Gasteiger partial charge in [-0.15, -0.1) is 0 Å². The first-order valence-corrected chi connectivity index (χ1v) is 13.3. The maximum absolute atomic E-state index is 11.9. The minimum absolute atomic E-state index is 0.150. The van der Waals surface area contributed by atoms with E-state index >= 15 is 0 Å². The van der Waals surface area contributed by atoms with Gasteiger partial charge >= 0.3 is 5.97 Å². The number of carbonyl (C=O) groups excluding carboxylic acids is 1. The minimum Gasteiger partial charge on any atom is -0.493 e. The molecule has 0 N–H and O–H groups in total. The molecular weight excluding hydrogens is 468 g/mol. The lowest BCUT2D eigenvalue weighted by atomic mass is 10.1.